The van der Waals surface area contributed by atoms with Gasteiger partial charge >= 0.3 is 5.97 Å². The fourth-order valence-corrected chi connectivity index (χ4v) is 1.93. The van der Waals surface area contributed by atoms with Gasteiger partial charge in [0, 0.05) is 12.3 Å². The molecule has 2 atom stereocenters. The predicted molar refractivity (Wildman–Crippen MR) is 54.1 cm³/mol. The fraction of sp³-hybridized carbons (Fsp3) is 0.545. The largest absolute Gasteiger partial charge is 0.511 e. The molecule has 17 heavy (non-hydrogen) atoms. The number of rotatable bonds is 2. The fourth-order valence-electron chi connectivity index (χ4n) is 1.93. The molecule has 0 aliphatic heterocycles. The van der Waals surface area contributed by atoms with Crippen molar-refractivity contribution >= 4 is 17.5 Å². The number of carbonyl (C=O) groups excluding carboxylic acids is 2. The predicted octanol–water partition coefficient (Wildman–Crippen LogP) is -0.188. The summed E-state index contributed by atoms with van der Waals surface area (Å²) in [7, 11) is 0. The van der Waals surface area contributed by atoms with Gasteiger partial charge in [0.2, 0.25) is 0 Å². The molecule has 2 unspecified atom stereocenters. The first-order valence-electron chi connectivity index (χ1n) is 5.35. The number of Topliss-reactive ketones (excluding diaryl/α,β-unsaturated/α-hetero) is 2. The highest BCUT2D eigenvalue weighted by Gasteiger charge is 2.45. The molecular weight excluding hydrogens is 228 g/mol. The number of aliphatic hydroxyl groups is 2. The number of aliphatic hydroxyl groups excluding tert-OH is 2. The molecule has 6 nitrogen and oxygen atoms in total. The Hall–Kier alpha value is -1.69. The number of carboxylic acids is 1. The molecule has 0 amide bonds. The summed E-state index contributed by atoms with van der Waals surface area (Å²) < 4.78 is 0. The second kappa shape index (κ2) is 3.96. The second-order valence-corrected chi connectivity index (χ2v) is 4.42. The molecule has 3 N–H and O–H groups in total. The molecule has 0 aromatic carbocycles. The van der Waals surface area contributed by atoms with Crippen LogP contribution in [-0.2, 0) is 14.4 Å². The molecule has 0 spiro atoms. The Morgan fingerprint density at radius 2 is 1.76 bits per heavy atom. The summed E-state index contributed by atoms with van der Waals surface area (Å²) in [6.45, 7) is 0. The van der Waals surface area contributed by atoms with Crippen molar-refractivity contribution in [2.24, 2.45) is 11.8 Å². The Labute approximate surface area is 96.6 Å². The van der Waals surface area contributed by atoms with E-state index in [0.717, 1.165) is 0 Å². The van der Waals surface area contributed by atoms with E-state index in [0.29, 0.717) is 12.8 Å². The van der Waals surface area contributed by atoms with Crippen LogP contribution in [0.2, 0.25) is 0 Å². The maximum Gasteiger partial charge on any atom is 0.310 e. The molecule has 2 fully saturated rings. The highest BCUT2D eigenvalue weighted by Crippen LogP contribution is 2.38. The number of ketones is 2. The van der Waals surface area contributed by atoms with Crippen molar-refractivity contribution in [3.05, 3.63) is 11.3 Å². The van der Waals surface area contributed by atoms with E-state index in [2.05, 4.69) is 0 Å². The van der Waals surface area contributed by atoms with Gasteiger partial charge in [-0.15, -0.1) is 0 Å². The molecule has 0 aromatic rings. The Morgan fingerprint density at radius 1 is 1.18 bits per heavy atom. The average molecular weight is 240 g/mol. The lowest BCUT2D eigenvalue weighted by atomic mass is 9.80. The second-order valence-electron chi connectivity index (χ2n) is 4.42. The summed E-state index contributed by atoms with van der Waals surface area (Å²) in [4.78, 5) is 34.0. The van der Waals surface area contributed by atoms with Crippen LogP contribution in [0.25, 0.3) is 0 Å². The van der Waals surface area contributed by atoms with Crippen LogP contribution < -0.4 is 0 Å². The van der Waals surface area contributed by atoms with E-state index in [4.69, 9.17) is 5.11 Å². The Balaban J connectivity index is 2.33. The van der Waals surface area contributed by atoms with E-state index in [9.17, 15) is 24.6 Å². The van der Waals surface area contributed by atoms with E-state index in [-0.39, 0.29) is 11.7 Å². The summed E-state index contributed by atoms with van der Waals surface area (Å²) in [5.41, 5.74) is -0.405. The molecule has 0 aromatic heterocycles. The van der Waals surface area contributed by atoms with Crippen LogP contribution in [0.3, 0.4) is 0 Å². The van der Waals surface area contributed by atoms with Crippen molar-refractivity contribution in [1.29, 1.82) is 0 Å². The molecule has 0 saturated heterocycles. The van der Waals surface area contributed by atoms with Crippen LogP contribution in [0.15, 0.2) is 11.3 Å². The van der Waals surface area contributed by atoms with E-state index in [1.807, 2.05) is 0 Å². The van der Waals surface area contributed by atoms with Crippen LogP contribution in [0.5, 0.6) is 0 Å². The molecule has 2 aliphatic rings. The Kier molecular flexibility index (Phi) is 2.74. The Bertz CT molecular complexity index is 431. The molecule has 6 heteroatoms. The van der Waals surface area contributed by atoms with Gasteiger partial charge in [0.05, 0.1) is 5.92 Å². The molecule has 2 saturated carbocycles. The van der Waals surface area contributed by atoms with Gasteiger partial charge in [0.1, 0.15) is 17.4 Å². The summed E-state index contributed by atoms with van der Waals surface area (Å²) in [6.07, 6.45) is -0.794. The number of allylic oxidation sites excluding steroid dienone is 1. The van der Waals surface area contributed by atoms with E-state index in [1.54, 1.807) is 0 Å². The lowest BCUT2D eigenvalue weighted by Crippen LogP contribution is -2.44. The van der Waals surface area contributed by atoms with Gasteiger partial charge in [-0.25, -0.2) is 0 Å². The monoisotopic (exact) mass is 240 g/mol. The number of carboxylic acid groups (broad SMARTS) is 1. The number of aliphatic carboxylic acids is 1. The zero-order valence-corrected chi connectivity index (χ0v) is 8.92. The van der Waals surface area contributed by atoms with Crippen molar-refractivity contribution in [1.82, 2.24) is 0 Å². The molecule has 2 rings (SSSR count). The maximum absolute atomic E-state index is 11.7. The van der Waals surface area contributed by atoms with Crippen LogP contribution in [-0.4, -0.2) is 39.0 Å². The van der Waals surface area contributed by atoms with Gasteiger partial charge in [-0.2, -0.15) is 0 Å². The molecule has 92 valence electrons. The van der Waals surface area contributed by atoms with E-state index < -0.39 is 41.6 Å². The lowest BCUT2D eigenvalue weighted by Gasteiger charge is -2.24. The third-order valence-electron chi connectivity index (χ3n) is 3.12. The normalized spacial score (nSPS) is 32.5. The molecule has 0 bridgehead atoms. The van der Waals surface area contributed by atoms with Crippen molar-refractivity contribution < 1.29 is 29.7 Å². The molecule has 0 radical (unpaired) electrons. The third-order valence-corrected chi connectivity index (χ3v) is 3.12. The van der Waals surface area contributed by atoms with Gasteiger partial charge in [-0.05, 0) is 12.8 Å². The summed E-state index contributed by atoms with van der Waals surface area (Å²) in [6, 6.07) is 0. The molecule has 2 aliphatic carbocycles. The highest BCUT2D eigenvalue weighted by atomic mass is 16.4. The first-order valence-corrected chi connectivity index (χ1v) is 5.35. The highest BCUT2D eigenvalue weighted by molar-refractivity contribution is 6.25. The maximum atomic E-state index is 11.7. The smallest absolute Gasteiger partial charge is 0.310 e. The van der Waals surface area contributed by atoms with Gasteiger partial charge in [-0.1, -0.05) is 0 Å². The third kappa shape index (κ3) is 1.95. The first kappa shape index (κ1) is 11.8. The average Bonchev–Trinajstić information content (AvgIpc) is 3.06. The van der Waals surface area contributed by atoms with Crippen molar-refractivity contribution in [3.63, 3.8) is 0 Å². The molecule has 0 heterocycles. The minimum atomic E-state index is -1.75. The lowest BCUT2D eigenvalue weighted by molar-refractivity contribution is -0.153. The van der Waals surface area contributed by atoms with Crippen LogP contribution in [0.1, 0.15) is 19.3 Å². The minimum Gasteiger partial charge on any atom is -0.511 e. The van der Waals surface area contributed by atoms with Crippen molar-refractivity contribution in [2.75, 3.05) is 0 Å². The summed E-state index contributed by atoms with van der Waals surface area (Å²) in [5.74, 6) is -4.94. The van der Waals surface area contributed by atoms with Crippen molar-refractivity contribution in [3.8, 4) is 0 Å². The zero-order chi connectivity index (χ0) is 12.7. The Morgan fingerprint density at radius 3 is 2.24 bits per heavy atom. The van der Waals surface area contributed by atoms with Crippen LogP contribution >= 0.6 is 0 Å². The number of hydrogen-bond donors (Lipinski definition) is 3. The topological polar surface area (TPSA) is 112 Å². The SMILES string of the molecule is O=C1CC(C(=O)O)C(O)C(=O)C1=C(O)C1CC1. The number of hydrogen-bond acceptors (Lipinski definition) is 5. The summed E-state index contributed by atoms with van der Waals surface area (Å²) in [5, 5.41) is 27.9. The van der Waals surface area contributed by atoms with Gasteiger partial charge < -0.3 is 15.3 Å². The zero-order valence-electron chi connectivity index (χ0n) is 8.92. The van der Waals surface area contributed by atoms with Gasteiger partial charge in [-0.3, -0.25) is 14.4 Å². The van der Waals surface area contributed by atoms with E-state index >= 15 is 0 Å². The quantitative estimate of drug-likeness (QED) is 0.350. The number of carbonyl (C=O) groups is 3. The minimum absolute atomic E-state index is 0.188. The summed E-state index contributed by atoms with van der Waals surface area (Å²) >= 11 is 0. The van der Waals surface area contributed by atoms with Crippen LogP contribution in [0, 0.1) is 11.8 Å². The molecular formula is C11H12O6. The standard InChI is InChI=1S/C11H12O6/c12-6-3-5(11(16)17)9(14)10(15)7(6)8(13)4-1-2-4/h4-5,9,13-14H,1-3H2,(H,16,17). The van der Waals surface area contributed by atoms with Gasteiger partial charge in [0.25, 0.3) is 0 Å². The first-order chi connectivity index (χ1) is 7.93. The van der Waals surface area contributed by atoms with Crippen LogP contribution in [0.4, 0.5) is 0 Å². The van der Waals surface area contributed by atoms with Gasteiger partial charge in [0.15, 0.2) is 11.6 Å². The van der Waals surface area contributed by atoms with E-state index in [1.165, 1.54) is 0 Å². The van der Waals surface area contributed by atoms with Crippen molar-refractivity contribution in [2.45, 2.75) is 25.4 Å².